The van der Waals surface area contributed by atoms with Crippen LogP contribution in [0.1, 0.15) is 17.0 Å². The van der Waals surface area contributed by atoms with Gasteiger partial charge in [-0.1, -0.05) is 29.8 Å². The number of likely N-dealkylation sites (N-methyl/N-ethyl adjacent to an activating group) is 1. The zero-order valence-corrected chi connectivity index (χ0v) is 15.1. The van der Waals surface area contributed by atoms with Crippen molar-refractivity contribution < 1.29 is 9.53 Å². The second-order valence-electron chi connectivity index (χ2n) is 6.34. The van der Waals surface area contributed by atoms with E-state index in [1.165, 1.54) is 4.90 Å². The maximum absolute atomic E-state index is 12.3. The van der Waals surface area contributed by atoms with Gasteiger partial charge in [0.05, 0.1) is 17.4 Å². The van der Waals surface area contributed by atoms with Gasteiger partial charge in [-0.05, 0) is 37.6 Å². The number of nitrogens with one attached hydrogen (secondary N) is 1. The number of ether oxygens (including phenoxy) is 1. The standard InChI is InChI=1S/C20H21N3O3/c1-13-8-9-17(14(2)10-13)26-12-19(24)23(3)11-18-21-16-7-5-4-6-15(16)20(25)22-18/h4-10H,11-12H2,1-3H3,(H,21,22,25). The van der Waals surface area contributed by atoms with Crippen molar-refractivity contribution in [1.29, 1.82) is 0 Å². The van der Waals surface area contributed by atoms with Gasteiger partial charge in [-0.25, -0.2) is 4.98 Å². The monoisotopic (exact) mass is 351 g/mol. The van der Waals surface area contributed by atoms with Crippen molar-refractivity contribution in [3.63, 3.8) is 0 Å². The normalized spacial score (nSPS) is 10.7. The van der Waals surface area contributed by atoms with Gasteiger partial charge in [0.25, 0.3) is 11.5 Å². The van der Waals surface area contributed by atoms with Crippen LogP contribution in [0.2, 0.25) is 0 Å². The van der Waals surface area contributed by atoms with Gasteiger partial charge in [-0.2, -0.15) is 0 Å². The molecule has 0 radical (unpaired) electrons. The fraction of sp³-hybridized carbons (Fsp3) is 0.250. The van der Waals surface area contributed by atoms with Crippen molar-refractivity contribution in [1.82, 2.24) is 14.9 Å². The lowest BCUT2D eigenvalue weighted by molar-refractivity contribution is -0.132. The topological polar surface area (TPSA) is 75.3 Å². The molecule has 0 aliphatic heterocycles. The van der Waals surface area contributed by atoms with Crippen LogP contribution in [-0.2, 0) is 11.3 Å². The van der Waals surface area contributed by atoms with Gasteiger partial charge in [-0.15, -0.1) is 0 Å². The molecule has 0 aliphatic carbocycles. The number of carbonyl (C=O) groups is 1. The minimum atomic E-state index is -0.210. The molecule has 3 aromatic rings. The average Bonchev–Trinajstić information content (AvgIpc) is 2.60. The molecule has 26 heavy (non-hydrogen) atoms. The Morgan fingerprint density at radius 3 is 2.73 bits per heavy atom. The third kappa shape index (κ3) is 3.91. The highest BCUT2D eigenvalue weighted by atomic mass is 16.5. The number of aromatic nitrogens is 2. The Balaban J connectivity index is 1.66. The molecule has 0 saturated carbocycles. The number of aryl methyl sites for hydroxylation is 2. The number of para-hydroxylation sites is 1. The summed E-state index contributed by atoms with van der Waals surface area (Å²) in [7, 11) is 1.66. The maximum atomic E-state index is 12.3. The van der Waals surface area contributed by atoms with E-state index in [0.717, 1.165) is 11.1 Å². The van der Waals surface area contributed by atoms with E-state index in [4.69, 9.17) is 4.74 Å². The first-order valence-corrected chi connectivity index (χ1v) is 8.36. The van der Waals surface area contributed by atoms with Gasteiger partial charge >= 0.3 is 0 Å². The number of benzene rings is 2. The number of rotatable bonds is 5. The summed E-state index contributed by atoms with van der Waals surface area (Å²) in [6.07, 6.45) is 0. The Bertz CT molecular complexity index is 1010. The van der Waals surface area contributed by atoms with E-state index in [2.05, 4.69) is 9.97 Å². The minimum absolute atomic E-state index is 0.0712. The summed E-state index contributed by atoms with van der Waals surface area (Å²) in [5.41, 5.74) is 2.53. The van der Waals surface area contributed by atoms with E-state index < -0.39 is 0 Å². The first-order chi connectivity index (χ1) is 12.4. The second-order valence-corrected chi connectivity index (χ2v) is 6.34. The predicted octanol–water partition coefficient (Wildman–Crippen LogP) is 2.58. The van der Waals surface area contributed by atoms with Crippen LogP contribution in [0.15, 0.2) is 47.3 Å². The van der Waals surface area contributed by atoms with Gasteiger partial charge in [0.15, 0.2) is 6.61 Å². The quantitative estimate of drug-likeness (QED) is 0.767. The number of fused-ring (bicyclic) bond motifs is 1. The summed E-state index contributed by atoms with van der Waals surface area (Å²) in [5.74, 6) is 0.937. The van der Waals surface area contributed by atoms with Crippen LogP contribution < -0.4 is 10.3 Å². The van der Waals surface area contributed by atoms with E-state index in [1.54, 1.807) is 25.2 Å². The molecule has 1 amide bonds. The molecule has 6 heteroatoms. The molecule has 2 aromatic carbocycles. The zero-order chi connectivity index (χ0) is 18.7. The fourth-order valence-corrected chi connectivity index (χ4v) is 2.73. The first kappa shape index (κ1) is 17.7. The molecule has 0 atom stereocenters. The molecule has 0 unspecified atom stereocenters. The molecule has 0 fully saturated rings. The molecule has 3 rings (SSSR count). The van der Waals surface area contributed by atoms with Crippen LogP contribution in [0, 0.1) is 13.8 Å². The molecule has 0 aliphatic rings. The molecular weight excluding hydrogens is 330 g/mol. The summed E-state index contributed by atoms with van der Waals surface area (Å²) in [6.45, 7) is 4.08. The molecule has 1 aromatic heterocycles. The predicted molar refractivity (Wildman–Crippen MR) is 100 cm³/mol. The first-order valence-electron chi connectivity index (χ1n) is 8.36. The van der Waals surface area contributed by atoms with Crippen LogP contribution in [0.25, 0.3) is 10.9 Å². The Kier molecular flexibility index (Phi) is 5.02. The highest BCUT2D eigenvalue weighted by Crippen LogP contribution is 2.18. The summed E-state index contributed by atoms with van der Waals surface area (Å²) < 4.78 is 5.62. The molecule has 6 nitrogen and oxygen atoms in total. The van der Waals surface area contributed by atoms with Crippen molar-refractivity contribution in [2.24, 2.45) is 0 Å². The number of aromatic amines is 1. The average molecular weight is 351 g/mol. The lowest BCUT2D eigenvalue weighted by Crippen LogP contribution is -2.32. The Labute approximate surface area is 151 Å². The van der Waals surface area contributed by atoms with Crippen LogP contribution >= 0.6 is 0 Å². The summed E-state index contributed by atoms with van der Waals surface area (Å²) in [6, 6.07) is 12.9. The number of amides is 1. The van der Waals surface area contributed by atoms with Crippen LogP contribution in [0.4, 0.5) is 0 Å². The van der Waals surface area contributed by atoms with E-state index in [-0.39, 0.29) is 24.6 Å². The molecule has 0 saturated heterocycles. The molecule has 1 N–H and O–H groups in total. The maximum Gasteiger partial charge on any atom is 0.260 e. The van der Waals surface area contributed by atoms with E-state index in [0.29, 0.717) is 22.5 Å². The van der Waals surface area contributed by atoms with Crippen molar-refractivity contribution >= 4 is 16.8 Å². The van der Waals surface area contributed by atoms with Gasteiger partial charge in [0.2, 0.25) is 0 Å². The summed E-state index contributed by atoms with van der Waals surface area (Å²) in [4.78, 5) is 33.0. The number of hydrogen-bond donors (Lipinski definition) is 1. The SMILES string of the molecule is Cc1ccc(OCC(=O)N(C)Cc2nc3ccccc3c(=O)[nH]2)c(C)c1. The highest BCUT2D eigenvalue weighted by molar-refractivity contribution is 5.78. The van der Waals surface area contributed by atoms with Crippen molar-refractivity contribution in [2.75, 3.05) is 13.7 Å². The van der Waals surface area contributed by atoms with Crippen LogP contribution in [0.3, 0.4) is 0 Å². The number of hydrogen-bond acceptors (Lipinski definition) is 4. The minimum Gasteiger partial charge on any atom is -0.484 e. The van der Waals surface area contributed by atoms with E-state index >= 15 is 0 Å². The largest absolute Gasteiger partial charge is 0.484 e. The number of nitrogens with zero attached hydrogens (tertiary/aromatic N) is 2. The number of H-pyrrole nitrogens is 1. The van der Waals surface area contributed by atoms with Gasteiger partial charge in [-0.3, -0.25) is 9.59 Å². The Morgan fingerprint density at radius 2 is 1.96 bits per heavy atom. The smallest absolute Gasteiger partial charge is 0.260 e. The van der Waals surface area contributed by atoms with Crippen molar-refractivity contribution in [3.05, 3.63) is 69.8 Å². The lowest BCUT2D eigenvalue weighted by Gasteiger charge is -2.17. The van der Waals surface area contributed by atoms with E-state index in [1.807, 2.05) is 38.1 Å². The molecule has 1 heterocycles. The summed E-state index contributed by atoms with van der Waals surface area (Å²) in [5, 5.41) is 0.531. The molecule has 134 valence electrons. The van der Waals surface area contributed by atoms with Crippen LogP contribution in [0.5, 0.6) is 5.75 Å². The Morgan fingerprint density at radius 1 is 1.19 bits per heavy atom. The van der Waals surface area contributed by atoms with Gasteiger partial charge in [0.1, 0.15) is 11.6 Å². The third-order valence-electron chi connectivity index (χ3n) is 4.16. The van der Waals surface area contributed by atoms with Crippen molar-refractivity contribution in [3.8, 4) is 5.75 Å². The Hall–Kier alpha value is -3.15. The second kappa shape index (κ2) is 7.39. The van der Waals surface area contributed by atoms with Crippen LogP contribution in [-0.4, -0.2) is 34.4 Å². The lowest BCUT2D eigenvalue weighted by atomic mass is 10.1. The summed E-state index contributed by atoms with van der Waals surface area (Å²) >= 11 is 0. The van der Waals surface area contributed by atoms with E-state index in [9.17, 15) is 9.59 Å². The van der Waals surface area contributed by atoms with Crippen molar-refractivity contribution in [2.45, 2.75) is 20.4 Å². The molecule has 0 spiro atoms. The molecular formula is C20H21N3O3. The third-order valence-corrected chi connectivity index (χ3v) is 4.16. The highest BCUT2D eigenvalue weighted by Gasteiger charge is 2.13. The number of carbonyl (C=O) groups excluding carboxylic acids is 1. The zero-order valence-electron chi connectivity index (χ0n) is 15.1. The van der Waals surface area contributed by atoms with Gasteiger partial charge < -0.3 is 14.6 Å². The fourth-order valence-electron chi connectivity index (χ4n) is 2.73. The van der Waals surface area contributed by atoms with Gasteiger partial charge in [0, 0.05) is 7.05 Å². The molecule has 0 bridgehead atoms.